The van der Waals surface area contributed by atoms with Crippen LogP contribution >= 0.6 is 0 Å². The van der Waals surface area contributed by atoms with Gasteiger partial charge in [-0.25, -0.2) is 0 Å². The zero-order chi connectivity index (χ0) is 15.5. The molecule has 1 saturated heterocycles. The molecule has 2 atom stereocenters. The minimum absolute atomic E-state index is 0.184. The van der Waals surface area contributed by atoms with Gasteiger partial charge in [0.15, 0.2) is 0 Å². The molecule has 2 rings (SSSR count). The van der Waals surface area contributed by atoms with Gasteiger partial charge < -0.3 is 20.9 Å². The second-order valence-corrected chi connectivity index (χ2v) is 6.72. The predicted octanol–water partition coefficient (Wildman–Crippen LogP) is 0.892. The molecule has 0 aromatic heterocycles. The van der Waals surface area contributed by atoms with Crippen LogP contribution in [0.15, 0.2) is 0 Å². The maximum atomic E-state index is 12.4. The molecule has 0 bridgehead atoms. The van der Waals surface area contributed by atoms with Gasteiger partial charge in [-0.1, -0.05) is 25.7 Å². The van der Waals surface area contributed by atoms with Crippen LogP contribution in [0.1, 0.15) is 45.4 Å². The summed E-state index contributed by atoms with van der Waals surface area (Å²) in [7, 11) is 0. The van der Waals surface area contributed by atoms with Crippen LogP contribution in [0.2, 0.25) is 0 Å². The number of nitrogens with two attached hydrogens (primary N) is 1. The first-order chi connectivity index (χ1) is 9.91. The first-order valence-corrected chi connectivity index (χ1v) is 7.76. The number of hydrogen-bond acceptors (Lipinski definition) is 4. The minimum atomic E-state index is -0.827. The van der Waals surface area contributed by atoms with Gasteiger partial charge in [0, 0.05) is 12.6 Å². The summed E-state index contributed by atoms with van der Waals surface area (Å²) in [5.74, 6) is -1.00. The third-order valence-corrected chi connectivity index (χ3v) is 5.14. The molecule has 1 amide bonds. The Morgan fingerprint density at radius 2 is 1.90 bits per heavy atom. The van der Waals surface area contributed by atoms with Gasteiger partial charge >= 0.3 is 5.97 Å². The van der Waals surface area contributed by atoms with Crippen LogP contribution in [-0.4, -0.2) is 42.8 Å². The van der Waals surface area contributed by atoms with Gasteiger partial charge in [0.05, 0.1) is 24.0 Å². The number of carbonyl (C=O) groups is 2. The van der Waals surface area contributed by atoms with Crippen molar-refractivity contribution < 1.29 is 19.4 Å². The van der Waals surface area contributed by atoms with E-state index in [1.54, 1.807) is 6.92 Å². The van der Waals surface area contributed by atoms with Gasteiger partial charge in [-0.2, -0.15) is 0 Å². The average Bonchev–Trinajstić information content (AvgIpc) is 2.68. The molecule has 1 aliphatic carbocycles. The molecule has 1 saturated carbocycles. The van der Waals surface area contributed by atoms with Crippen molar-refractivity contribution in [3.05, 3.63) is 0 Å². The fourth-order valence-electron chi connectivity index (χ4n) is 3.25. The standard InChI is InChI=1S/C15H26N2O4/c1-14(10-21-8-11(14)16)12(18)17-9-15(13(19)20)6-4-2-3-5-7-15/h11H,2-10,16H2,1H3,(H,17,18)(H,19,20). The second-order valence-electron chi connectivity index (χ2n) is 6.72. The van der Waals surface area contributed by atoms with Crippen molar-refractivity contribution in [2.75, 3.05) is 19.8 Å². The van der Waals surface area contributed by atoms with Gasteiger partial charge in [-0.3, -0.25) is 9.59 Å². The third-order valence-electron chi connectivity index (χ3n) is 5.14. The lowest BCUT2D eigenvalue weighted by molar-refractivity contribution is -0.150. The summed E-state index contributed by atoms with van der Waals surface area (Å²) in [4.78, 5) is 24.1. The number of hydrogen-bond donors (Lipinski definition) is 3. The van der Waals surface area contributed by atoms with Gasteiger partial charge in [-0.15, -0.1) is 0 Å². The van der Waals surface area contributed by atoms with E-state index in [0.717, 1.165) is 25.7 Å². The van der Waals surface area contributed by atoms with E-state index in [9.17, 15) is 14.7 Å². The van der Waals surface area contributed by atoms with Gasteiger partial charge in [0.1, 0.15) is 0 Å². The van der Waals surface area contributed by atoms with Crippen molar-refractivity contribution >= 4 is 11.9 Å². The highest BCUT2D eigenvalue weighted by atomic mass is 16.5. The lowest BCUT2D eigenvalue weighted by atomic mass is 9.79. The van der Waals surface area contributed by atoms with E-state index in [0.29, 0.717) is 26.1 Å². The largest absolute Gasteiger partial charge is 0.481 e. The van der Waals surface area contributed by atoms with E-state index in [2.05, 4.69) is 5.32 Å². The number of carbonyl (C=O) groups excluding carboxylic acids is 1. The molecule has 1 heterocycles. The number of carboxylic acids is 1. The zero-order valence-electron chi connectivity index (χ0n) is 12.7. The van der Waals surface area contributed by atoms with Gasteiger partial charge in [0.25, 0.3) is 0 Å². The highest BCUT2D eigenvalue weighted by Gasteiger charge is 2.46. The quantitative estimate of drug-likeness (QED) is 0.669. The highest BCUT2D eigenvalue weighted by molar-refractivity contribution is 5.84. The Kier molecular flexibility index (Phi) is 4.88. The molecule has 1 aliphatic heterocycles. The predicted molar refractivity (Wildman–Crippen MR) is 77.7 cm³/mol. The molecule has 6 heteroatoms. The topological polar surface area (TPSA) is 102 Å². The van der Waals surface area contributed by atoms with Crippen molar-refractivity contribution in [2.24, 2.45) is 16.6 Å². The minimum Gasteiger partial charge on any atom is -0.481 e. The van der Waals surface area contributed by atoms with E-state index < -0.39 is 16.8 Å². The SMILES string of the molecule is CC1(C(=O)NCC2(C(=O)O)CCCCCC2)COCC1N. The lowest BCUT2D eigenvalue weighted by Crippen LogP contribution is -2.53. The fraction of sp³-hybridized carbons (Fsp3) is 0.867. The Labute approximate surface area is 125 Å². The van der Waals surface area contributed by atoms with E-state index in [1.807, 2.05) is 0 Å². The molecule has 0 radical (unpaired) electrons. The number of amides is 1. The molecule has 0 spiro atoms. The molecule has 2 fully saturated rings. The Morgan fingerprint density at radius 1 is 1.29 bits per heavy atom. The van der Waals surface area contributed by atoms with E-state index in [4.69, 9.17) is 10.5 Å². The van der Waals surface area contributed by atoms with Crippen molar-refractivity contribution in [1.29, 1.82) is 0 Å². The second kappa shape index (κ2) is 6.32. The van der Waals surface area contributed by atoms with E-state index in [1.165, 1.54) is 0 Å². The van der Waals surface area contributed by atoms with E-state index >= 15 is 0 Å². The molecule has 21 heavy (non-hydrogen) atoms. The molecule has 0 aromatic carbocycles. The molecule has 6 nitrogen and oxygen atoms in total. The van der Waals surface area contributed by atoms with Crippen molar-refractivity contribution in [3.8, 4) is 0 Å². The van der Waals surface area contributed by atoms with Crippen LogP contribution in [0.25, 0.3) is 0 Å². The normalized spacial score (nSPS) is 32.4. The third kappa shape index (κ3) is 3.21. The summed E-state index contributed by atoms with van der Waals surface area (Å²) < 4.78 is 5.28. The van der Waals surface area contributed by atoms with Crippen LogP contribution in [0.4, 0.5) is 0 Å². The Morgan fingerprint density at radius 3 is 2.38 bits per heavy atom. The average molecular weight is 298 g/mol. The van der Waals surface area contributed by atoms with Crippen LogP contribution in [-0.2, 0) is 14.3 Å². The van der Waals surface area contributed by atoms with Crippen LogP contribution < -0.4 is 11.1 Å². The number of carboxylic acid groups (broad SMARTS) is 1. The smallest absolute Gasteiger partial charge is 0.311 e. The number of ether oxygens (including phenoxy) is 1. The van der Waals surface area contributed by atoms with Crippen LogP contribution in [0, 0.1) is 10.8 Å². The molecular formula is C15H26N2O4. The molecule has 120 valence electrons. The van der Waals surface area contributed by atoms with Crippen molar-refractivity contribution in [2.45, 2.75) is 51.5 Å². The Hall–Kier alpha value is -1.14. The molecule has 2 unspecified atom stereocenters. The van der Waals surface area contributed by atoms with Crippen molar-refractivity contribution in [1.82, 2.24) is 5.32 Å². The maximum Gasteiger partial charge on any atom is 0.311 e. The first kappa shape index (κ1) is 16.2. The van der Waals surface area contributed by atoms with Gasteiger partial charge in [0.2, 0.25) is 5.91 Å². The molecular weight excluding hydrogens is 272 g/mol. The van der Waals surface area contributed by atoms with Gasteiger partial charge in [-0.05, 0) is 19.8 Å². The summed E-state index contributed by atoms with van der Waals surface area (Å²) in [6.07, 6.45) is 5.20. The number of nitrogens with one attached hydrogen (secondary N) is 1. The summed E-state index contributed by atoms with van der Waals surface area (Å²) in [6.45, 7) is 2.62. The zero-order valence-corrected chi connectivity index (χ0v) is 12.7. The first-order valence-electron chi connectivity index (χ1n) is 7.76. The van der Waals surface area contributed by atoms with Crippen molar-refractivity contribution in [3.63, 3.8) is 0 Å². The summed E-state index contributed by atoms with van der Waals surface area (Å²) in [5.41, 5.74) is 4.35. The molecule has 2 aliphatic rings. The number of rotatable bonds is 4. The molecule has 0 aromatic rings. The van der Waals surface area contributed by atoms with E-state index in [-0.39, 0.29) is 18.5 Å². The Balaban J connectivity index is 2.01. The van der Waals surface area contributed by atoms with Crippen LogP contribution in [0.5, 0.6) is 0 Å². The monoisotopic (exact) mass is 298 g/mol. The summed E-state index contributed by atoms with van der Waals surface area (Å²) in [6, 6.07) is -0.340. The summed E-state index contributed by atoms with van der Waals surface area (Å²) >= 11 is 0. The maximum absolute atomic E-state index is 12.4. The summed E-state index contributed by atoms with van der Waals surface area (Å²) in [5, 5.41) is 12.4. The number of aliphatic carboxylic acids is 1. The fourth-order valence-corrected chi connectivity index (χ4v) is 3.25. The Bertz CT molecular complexity index is 404. The molecule has 4 N–H and O–H groups in total. The highest BCUT2D eigenvalue weighted by Crippen LogP contribution is 2.35. The van der Waals surface area contributed by atoms with Crippen LogP contribution in [0.3, 0.4) is 0 Å². The lowest BCUT2D eigenvalue weighted by Gasteiger charge is -2.31.